The van der Waals surface area contributed by atoms with E-state index in [4.69, 9.17) is 0 Å². The van der Waals surface area contributed by atoms with Crippen LogP contribution in [-0.4, -0.2) is 37.3 Å². The van der Waals surface area contributed by atoms with Gasteiger partial charge in [-0.1, -0.05) is 26.0 Å². The predicted octanol–water partition coefficient (Wildman–Crippen LogP) is 2.60. The summed E-state index contributed by atoms with van der Waals surface area (Å²) in [4.78, 5) is 20.4. The van der Waals surface area contributed by atoms with Crippen LogP contribution >= 0.6 is 11.8 Å². The van der Waals surface area contributed by atoms with Crippen LogP contribution in [0.25, 0.3) is 11.0 Å². The summed E-state index contributed by atoms with van der Waals surface area (Å²) < 4.78 is 0. The number of hydrogen-bond donors (Lipinski definition) is 3. The van der Waals surface area contributed by atoms with Crippen molar-refractivity contribution >= 4 is 34.4 Å². The number of amides is 1. The number of nitrogens with zero attached hydrogens (tertiary/aromatic N) is 3. The Morgan fingerprint density at radius 3 is 3.00 bits per heavy atom. The lowest BCUT2D eigenvalue weighted by molar-refractivity contribution is -0.125. The van der Waals surface area contributed by atoms with Crippen molar-refractivity contribution in [3.63, 3.8) is 0 Å². The second-order valence-electron chi connectivity index (χ2n) is 5.98. The Labute approximate surface area is 149 Å². The first-order valence-electron chi connectivity index (χ1n) is 7.89. The maximum Gasteiger partial charge on any atom is 0.253 e. The van der Waals surface area contributed by atoms with E-state index in [0.717, 1.165) is 16.0 Å². The topological polar surface area (TPSA) is 104 Å². The number of fused-ring (bicyclic) bond motifs is 1. The van der Waals surface area contributed by atoms with Crippen molar-refractivity contribution in [2.24, 2.45) is 5.92 Å². The molecule has 0 unspecified atom stereocenters. The van der Waals surface area contributed by atoms with Crippen molar-refractivity contribution < 1.29 is 9.90 Å². The van der Waals surface area contributed by atoms with Crippen molar-refractivity contribution in [1.82, 2.24) is 20.2 Å². The van der Waals surface area contributed by atoms with E-state index in [9.17, 15) is 9.90 Å². The van der Waals surface area contributed by atoms with Crippen LogP contribution in [0.5, 0.6) is 0 Å². The second-order valence-corrected chi connectivity index (χ2v) is 6.94. The Bertz CT molecular complexity index is 880. The van der Waals surface area contributed by atoms with E-state index in [2.05, 4.69) is 25.5 Å². The summed E-state index contributed by atoms with van der Waals surface area (Å²) in [5.74, 6) is 0.165. The number of aliphatic hydroxyl groups is 1. The Kier molecular flexibility index (Phi) is 5.30. The molecule has 0 saturated carbocycles. The first-order chi connectivity index (χ1) is 12.0. The van der Waals surface area contributed by atoms with Gasteiger partial charge in [0.15, 0.2) is 5.65 Å². The van der Waals surface area contributed by atoms with E-state index in [1.807, 2.05) is 18.2 Å². The van der Waals surface area contributed by atoms with Gasteiger partial charge in [-0.05, 0) is 23.6 Å². The number of aliphatic hydroxyl groups excluding tert-OH is 1. The standard InChI is InChI=1S/C17H19N5O2S/c1-10(2)14(23)16(24)21-12-5-3-4-11(6-12)8-25-17-13-7-20-22-15(13)18-9-19-17/h3-7,9-10,14,23H,8H2,1-2H3,(H,21,24)(H,18,19,20,22)/t14-/m1/s1. The molecule has 130 valence electrons. The third kappa shape index (κ3) is 4.15. The minimum atomic E-state index is -1.02. The minimum Gasteiger partial charge on any atom is -0.383 e. The first-order valence-corrected chi connectivity index (χ1v) is 8.88. The maximum absolute atomic E-state index is 12.0. The molecule has 8 heteroatoms. The molecular formula is C17H19N5O2S. The van der Waals surface area contributed by atoms with E-state index in [0.29, 0.717) is 17.1 Å². The average molecular weight is 357 g/mol. The summed E-state index contributed by atoms with van der Waals surface area (Å²) in [6.07, 6.45) is 2.20. The molecule has 1 amide bonds. The molecule has 7 nitrogen and oxygen atoms in total. The molecule has 0 fully saturated rings. The highest BCUT2D eigenvalue weighted by Gasteiger charge is 2.18. The third-order valence-electron chi connectivity index (χ3n) is 3.68. The third-order valence-corrected chi connectivity index (χ3v) is 4.76. The lowest BCUT2D eigenvalue weighted by Gasteiger charge is -2.14. The monoisotopic (exact) mass is 357 g/mol. The van der Waals surface area contributed by atoms with Crippen LogP contribution in [0.15, 0.2) is 41.8 Å². The van der Waals surface area contributed by atoms with Gasteiger partial charge in [-0.15, -0.1) is 11.8 Å². The van der Waals surface area contributed by atoms with E-state index in [1.54, 1.807) is 37.9 Å². The van der Waals surface area contributed by atoms with Gasteiger partial charge in [0.1, 0.15) is 17.5 Å². The average Bonchev–Trinajstić information content (AvgIpc) is 3.08. The molecule has 0 aliphatic rings. The maximum atomic E-state index is 12.0. The molecule has 0 bridgehead atoms. The van der Waals surface area contributed by atoms with Gasteiger partial charge in [0.2, 0.25) is 0 Å². The van der Waals surface area contributed by atoms with Crippen molar-refractivity contribution in [3.8, 4) is 0 Å². The number of carbonyl (C=O) groups excluding carboxylic acids is 1. The van der Waals surface area contributed by atoms with E-state index >= 15 is 0 Å². The highest BCUT2D eigenvalue weighted by molar-refractivity contribution is 7.98. The number of carbonyl (C=O) groups is 1. The summed E-state index contributed by atoms with van der Waals surface area (Å²) in [5, 5.41) is 21.1. The van der Waals surface area contributed by atoms with Gasteiger partial charge < -0.3 is 10.4 Å². The highest BCUT2D eigenvalue weighted by atomic mass is 32.2. The Balaban J connectivity index is 1.68. The number of aromatic nitrogens is 4. The molecule has 1 atom stereocenters. The van der Waals surface area contributed by atoms with Crippen molar-refractivity contribution in [1.29, 1.82) is 0 Å². The number of thioether (sulfide) groups is 1. The van der Waals surface area contributed by atoms with Crippen molar-refractivity contribution in [2.75, 3.05) is 5.32 Å². The Morgan fingerprint density at radius 1 is 1.36 bits per heavy atom. The number of hydrogen-bond acceptors (Lipinski definition) is 6. The number of aromatic amines is 1. The van der Waals surface area contributed by atoms with Crippen LogP contribution in [-0.2, 0) is 10.5 Å². The summed E-state index contributed by atoms with van der Waals surface area (Å²) in [7, 11) is 0. The lowest BCUT2D eigenvalue weighted by Crippen LogP contribution is -2.31. The molecule has 2 aromatic heterocycles. The zero-order valence-electron chi connectivity index (χ0n) is 13.9. The molecule has 3 rings (SSSR count). The zero-order valence-corrected chi connectivity index (χ0v) is 14.7. The molecule has 0 aliphatic heterocycles. The number of H-pyrrole nitrogens is 1. The summed E-state index contributed by atoms with van der Waals surface area (Å²) in [6, 6.07) is 7.56. The number of anilines is 1. The molecule has 3 aromatic rings. The van der Waals surface area contributed by atoms with Crippen molar-refractivity contribution in [3.05, 3.63) is 42.4 Å². The minimum absolute atomic E-state index is 0.131. The smallest absolute Gasteiger partial charge is 0.253 e. The van der Waals surface area contributed by atoms with Gasteiger partial charge in [-0.25, -0.2) is 9.97 Å². The van der Waals surface area contributed by atoms with Gasteiger partial charge in [-0.2, -0.15) is 5.10 Å². The molecule has 2 heterocycles. The molecule has 0 saturated heterocycles. The molecule has 25 heavy (non-hydrogen) atoms. The van der Waals surface area contributed by atoms with Gasteiger partial charge in [-0.3, -0.25) is 9.89 Å². The van der Waals surface area contributed by atoms with E-state index < -0.39 is 12.0 Å². The summed E-state index contributed by atoms with van der Waals surface area (Å²) >= 11 is 1.57. The lowest BCUT2D eigenvalue weighted by atomic mass is 10.1. The van der Waals surface area contributed by atoms with E-state index in [1.165, 1.54) is 6.33 Å². The zero-order chi connectivity index (χ0) is 17.8. The Hall–Kier alpha value is -2.45. The first kappa shape index (κ1) is 17.4. The number of nitrogens with one attached hydrogen (secondary N) is 2. The fraction of sp³-hybridized carbons (Fsp3) is 0.294. The van der Waals surface area contributed by atoms with E-state index in [-0.39, 0.29) is 5.92 Å². The fourth-order valence-corrected chi connectivity index (χ4v) is 3.18. The van der Waals surface area contributed by atoms with Crippen LogP contribution < -0.4 is 5.32 Å². The summed E-state index contributed by atoms with van der Waals surface area (Å²) in [6.45, 7) is 3.60. The van der Waals surface area contributed by atoms with Crippen LogP contribution in [0, 0.1) is 5.92 Å². The molecule has 0 radical (unpaired) electrons. The predicted molar refractivity (Wildman–Crippen MR) is 97.2 cm³/mol. The summed E-state index contributed by atoms with van der Waals surface area (Å²) in [5.41, 5.74) is 2.41. The SMILES string of the molecule is CC(C)[C@@H](O)C(=O)Nc1cccc(CSc2ncnc3[nH]ncc23)c1. The van der Waals surface area contributed by atoms with Crippen LogP contribution in [0.1, 0.15) is 19.4 Å². The number of benzene rings is 1. The molecule has 0 aliphatic carbocycles. The quantitative estimate of drug-likeness (QED) is 0.463. The highest BCUT2D eigenvalue weighted by Crippen LogP contribution is 2.27. The van der Waals surface area contributed by atoms with Gasteiger partial charge in [0.25, 0.3) is 5.91 Å². The van der Waals surface area contributed by atoms with Gasteiger partial charge in [0, 0.05) is 11.4 Å². The molecule has 3 N–H and O–H groups in total. The normalized spacial score (nSPS) is 12.5. The van der Waals surface area contributed by atoms with Crippen molar-refractivity contribution in [2.45, 2.75) is 30.7 Å². The number of rotatable bonds is 6. The second kappa shape index (κ2) is 7.62. The largest absolute Gasteiger partial charge is 0.383 e. The van der Waals surface area contributed by atoms with Gasteiger partial charge in [0.05, 0.1) is 11.6 Å². The molecular weight excluding hydrogens is 338 g/mol. The van der Waals surface area contributed by atoms with Gasteiger partial charge >= 0.3 is 0 Å². The fourth-order valence-electron chi connectivity index (χ4n) is 2.27. The molecule has 0 spiro atoms. The van der Waals surface area contributed by atoms with Crippen LogP contribution in [0.3, 0.4) is 0 Å². The molecule has 1 aromatic carbocycles. The van der Waals surface area contributed by atoms with Crippen LogP contribution in [0.2, 0.25) is 0 Å². The van der Waals surface area contributed by atoms with Crippen LogP contribution in [0.4, 0.5) is 5.69 Å². The Morgan fingerprint density at radius 2 is 2.20 bits per heavy atom.